The van der Waals surface area contributed by atoms with Crippen LogP contribution in [0.3, 0.4) is 0 Å². The molecule has 0 unspecified atom stereocenters. The van der Waals surface area contributed by atoms with E-state index in [0.717, 1.165) is 25.7 Å². The Hall–Kier alpha value is -0.610. The summed E-state index contributed by atoms with van der Waals surface area (Å²) in [5, 5.41) is -2.09. The monoisotopic (exact) mass is 464 g/mol. The second-order valence-electron chi connectivity index (χ2n) is 8.29. The summed E-state index contributed by atoms with van der Waals surface area (Å²) in [6.07, 6.45) is 18.2. The van der Waals surface area contributed by atoms with Crippen LogP contribution in [0.5, 0.6) is 0 Å². The smallest absolute Gasteiger partial charge is 0.330 e. The molecule has 0 atom stereocenters. The molecule has 0 bridgehead atoms. The minimum Gasteiger partial charge on any atom is -0.465 e. The van der Waals surface area contributed by atoms with Crippen LogP contribution < -0.4 is 0 Å². The van der Waals surface area contributed by atoms with Crippen LogP contribution in [0.15, 0.2) is 0 Å². The Balaban J connectivity index is 4.00. The van der Waals surface area contributed by atoms with E-state index in [-0.39, 0.29) is 13.0 Å². The number of esters is 1. The molecule has 0 aromatic carbocycles. The van der Waals surface area contributed by atoms with Crippen LogP contribution >= 0.6 is 23.2 Å². The Kier molecular flexibility index (Phi) is 18.7. The molecule has 176 valence electrons. The first-order valence-electron chi connectivity index (χ1n) is 12.0. The number of halogens is 2. The number of ether oxygens (including phenoxy) is 1. The first-order chi connectivity index (χ1) is 14.4. The third-order valence-electron chi connectivity index (χ3n) is 5.66. The summed E-state index contributed by atoms with van der Waals surface area (Å²) in [7, 11) is 0. The summed E-state index contributed by atoms with van der Waals surface area (Å²) in [5.41, 5.74) is -2.06. The minimum atomic E-state index is -2.06. The molecule has 0 N–H and O–H groups in total. The minimum absolute atomic E-state index is 0.0145. The number of carbonyl (C=O) groups is 3. The van der Waals surface area contributed by atoms with E-state index >= 15 is 0 Å². The van der Waals surface area contributed by atoms with Crippen molar-refractivity contribution < 1.29 is 19.1 Å². The summed E-state index contributed by atoms with van der Waals surface area (Å²) in [5.74, 6) is -0.911. The van der Waals surface area contributed by atoms with Gasteiger partial charge >= 0.3 is 5.97 Å². The van der Waals surface area contributed by atoms with Gasteiger partial charge in [-0.15, -0.1) is 0 Å². The lowest BCUT2D eigenvalue weighted by Crippen LogP contribution is -2.43. The first kappa shape index (κ1) is 29.4. The van der Waals surface area contributed by atoms with Crippen LogP contribution in [0.25, 0.3) is 0 Å². The molecule has 0 aliphatic carbocycles. The highest BCUT2D eigenvalue weighted by Gasteiger charge is 2.52. The fourth-order valence-electron chi connectivity index (χ4n) is 3.55. The highest BCUT2D eigenvalue weighted by Crippen LogP contribution is 2.33. The molecule has 0 saturated carbocycles. The molecule has 0 amide bonds. The van der Waals surface area contributed by atoms with Crippen LogP contribution in [0, 0.1) is 5.41 Å². The Bertz CT molecular complexity index is 466. The van der Waals surface area contributed by atoms with Crippen molar-refractivity contribution in [2.24, 2.45) is 5.41 Å². The van der Waals surface area contributed by atoms with Crippen LogP contribution in [0.2, 0.25) is 0 Å². The van der Waals surface area contributed by atoms with Crippen molar-refractivity contribution in [1.82, 2.24) is 0 Å². The summed E-state index contributed by atoms with van der Waals surface area (Å²) >= 11 is 11.2. The van der Waals surface area contributed by atoms with Crippen LogP contribution in [-0.4, -0.2) is 23.1 Å². The zero-order chi connectivity index (χ0) is 22.7. The Morgan fingerprint density at radius 3 is 1.33 bits per heavy atom. The summed E-state index contributed by atoms with van der Waals surface area (Å²) in [6, 6.07) is 0. The van der Waals surface area contributed by atoms with E-state index in [1.807, 2.05) is 6.92 Å². The number of hydrogen-bond donors (Lipinski definition) is 0. The zero-order valence-corrected chi connectivity index (χ0v) is 20.6. The summed E-state index contributed by atoms with van der Waals surface area (Å²) in [6.45, 7) is 4.35. The molecule has 0 aliphatic heterocycles. The number of carbonyl (C=O) groups excluding carboxylic acids is 3. The van der Waals surface area contributed by atoms with Gasteiger partial charge < -0.3 is 4.74 Å². The third kappa shape index (κ3) is 12.3. The fraction of sp³-hybridized carbons (Fsp3) is 0.875. The standard InChI is InChI=1S/C24H42Cl2O4/c1-3-5-7-8-9-10-11-12-13-14-15-16-17-18-19-24(21(25)27,22(26)28)23(29)30-20-6-4-2/h3-20H2,1-2H3. The lowest BCUT2D eigenvalue weighted by Gasteiger charge is -2.23. The van der Waals surface area contributed by atoms with E-state index in [1.165, 1.54) is 64.2 Å². The predicted octanol–water partition coefficient (Wildman–Crippen LogP) is 7.72. The largest absolute Gasteiger partial charge is 0.465 e. The van der Waals surface area contributed by atoms with Gasteiger partial charge in [0.2, 0.25) is 15.9 Å². The second kappa shape index (κ2) is 19.1. The Labute approximate surface area is 193 Å². The molecule has 6 heteroatoms. The molecule has 0 aliphatic rings. The van der Waals surface area contributed by atoms with Crippen molar-refractivity contribution in [3.05, 3.63) is 0 Å². The van der Waals surface area contributed by atoms with Crippen molar-refractivity contribution in [1.29, 1.82) is 0 Å². The highest BCUT2D eigenvalue weighted by molar-refractivity contribution is 6.77. The van der Waals surface area contributed by atoms with Crippen molar-refractivity contribution >= 4 is 39.7 Å². The molecule has 0 radical (unpaired) electrons. The van der Waals surface area contributed by atoms with Gasteiger partial charge in [0.1, 0.15) is 0 Å². The van der Waals surface area contributed by atoms with Crippen LogP contribution in [-0.2, 0) is 19.1 Å². The maximum absolute atomic E-state index is 12.4. The molecule has 0 saturated heterocycles. The number of rotatable bonds is 21. The van der Waals surface area contributed by atoms with Crippen molar-refractivity contribution in [2.75, 3.05) is 6.61 Å². The maximum Gasteiger partial charge on any atom is 0.330 e. The van der Waals surface area contributed by atoms with E-state index in [4.69, 9.17) is 27.9 Å². The first-order valence-corrected chi connectivity index (χ1v) is 12.8. The average molecular weight is 466 g/mol. The van der Waals surface area contributed by atoms with E-state index < -0.39 is 21.9 Å². The number of unbranched alkanes of at least 4 members (excludes halogenated alkanes) is 14. The van der Waals surface area contributed by atoms with Gasteiger partial charge in [-0.25, -0.2) is 0 Å². The van der Waals surface area contributed by atoms with Gasteiger partial charge in [-0.3, -0.25) is 14.4 Å². The number of hydrogen-bond acceptors (Lipinski definition) is 4. The Morgan fingerprint density at radius 2 is 0.967 bits per heavy atom. The van der Waals surface area contributed by atoms with Crippen LogP contribution in [0.4, 0.5) is 0 Å². The molecular formula is C24H42Cl2O4. The molecule has 0 aromatic rings. The average Bonchev–Trinajstić information content (AvgIpc) is 2.70. The summed E-state index contributed by atoms with van der Waals surface area (Å²) in [4.78, 5) is 36.2. The van der Waals surface area contributed by atoms with E-state index in [2.05, 4.69) is 6.92 Å². The lowest BCUT2D eigenvalue weighted by atomic mass is 9.84. The highest BCUT2D eigenvalue weighted by atomic mass is 35.5. The van der Waals surface area contributed by atoms with Gasteiger partial charge in [0.05, 0.1) is 6.61 Å². The molecular weight excluding hydrogens is 423 g/mol. The molecule has 4 nitrogen and oxygen atoms in total. The van der Waals surface area contributed by atoms with Gasteiger partial charge in [-0.2, -0.15) is 0 Å². The Morgan fingerprint density at radius 1 is 0.600 bits per heavy atom. The molecule has 0 spiro atoms. The predicted molar refractivity (Wildman–Crippen MR) is 125 cm³/mol. The van der Waals surface area contributed by atoms with Crippen molar-refractivity contribution in [3.63, 3.8) is 0 Å². The van der Waals surface area contributed by atoms with Gasteiger partial charge in [0.15, 0.2) is 0 Å². The normalized spacial score (nSPS) is 11.5. The third-order valence-corrected chi connectivity index (χ3v) is 6.30. The van der Waals surface area contributed by atoms with Gasteiger partial charge in [-0.1, -0.05) is 110 Å². The maximum atomic E-state index is 12.4. The van der Waals surface area contributed by atoms with Crippen molar-refractivity contribution in [2.45, 2.75) is 123 Å². The van der Waals surface area contributed by atoms with Crippen molar-refractivity contribution in [3.8, 4) is 0 Å². The van der Waals surface area contributed by atoms with Gasteiger partial charge in [0, 0.05) is 0 Å². The lowest BCUT2D eigenvalue weighted by molar-refractivity contribution is -0.161. The molecule has 0 heterocycles. The quantitative estimate of drug-likeness (QED) is 0.0753. The molecule has 30 heavy (non-hydrogen) atoms. The molecule has 0 fully saturated rings. The summed E-state index contributed by atoms with van der Waals surface area (Å²) < 4.78 is 5.09. The van der Waals surface area contributed by atoms with Gasteiger partial charge in [-0.05, 0) is 36.0 Å². The van der Waals surface area contributed by atoms with E-state index in [0.29, 0.717) is 12.8 Å². The SMILES string of the molecule is CCCCCCCCCCCCCCCCC(C(=O)Cl)(C(=O)Cl)C(=O)OCCCC. The zero-order valence-electron chi connectivity index (χ0n) is 19.1. The fourth-order valence-corrected chi connectivity index (χ4v) is 4.12. The topological polar surface area (TPSA) is 60.4 Å². The molecule has 0 rings (SSSR count). The van der Waals surface area contributed by atoms with Crippen LogP contribution in [0.1, 0.15) is 123 Å². The molecule has 0 aromatic heterocycles. The second-order valence-corrected chi connectivity index (χ2v) is 8.97. The van der Waals surface area contributed by atoms with Gasteiger partial charge in [0.25, 0.3) is 0 Å². The van der Waals surface area contributed by atoms with E-state index in [9.17, 15) is 14.4 Å². The van der Waals surface area contributed by atoms with E-state index in [1.54, 1.807) is 0 Å².